The minimum atomic E-state index is -0.700. The third-order valence-corrected chi connectivity index (χ3v) is 3.59. The Bertz CT molecular complexity index is 224. The molecule has 2 N–H and O–H groups in total. The molecule has 3 unspecified atom stereocenters. The standard InChI is InChI=1S/C8H13NO2/c1-7-3-8(7,2)5(6(10)11)9-4-7/h5,9H,3-4H2,1-2H3,(H,10,11). The fourth-order valence-corrected chi connectivity index (χ4v) is 2.39. The highest BCUT2D eigenvalue weighted by Gasteiger charge is 2.70. The zero-order chi connectivity index (χ0) is 8.28. The van der Waals surface area contributed by atoms with Gasteiger partial charge in [-0.1, -0.05) is 13.8 Å². The molecule has 0 bridgehead atoms. The van der Waals surface area contributed by atoms with Gasteiger partial charge in [-0.05, 0) is 11.8 Å². The number of rotatable bonds is 1. The van der Waals surface area contributed by atoms with E-state index in [1.54, 1.807) is 0 Å². The minimum absolute atomic E-state index is 0.0266. The third-order valence-electron chi connectivity index (χ3n) is 3.59. The van der Waals surface area contributed by atoms with Gasteiger partial charge in [-0.2, -0.15) is 0 Å². The van der Waals surface area contributed by atoms with Gasteiger partial charge in [0.2, 0.25) is 0 Å². The van der Waals surface area contributed by atoms with Gasteiger partial charge in [0.25, 0.3) is 0 Å². The van der Waals surface area contributed by atoms with Crippen molar-refractivity contribution < 1.29 is 9.90 Å². The normalized spacial score (nSPS) is 53.8. The van der Waals surface area contributed by atoms with Crippen LogP contribution >= 0.6 is 0 Å². The number of carbonyl (C=O) groups is 1. The summed E-state index contributed by atoms with van der Waals surface area (Å²) in [6, 6.07) is -0.313. The van der Waals surface area contributed by atoms with E-state index >= 15 is 0 Å². The molecule has 0 amide bonds. The SMILES string of the molecule is CC12CNC(C(=O)O)C1(C)C2. The summed E-state index contributed by atoms with van der Waals surface area (Å²) in [5.74, 6) is -0.700. The number of nitrogens with one attached hydrogen (secondary N) is 1. The largest absolute Gasteiger partial charge is 0.480 e. The summed E-state index contributed by atoms with van der Waals surface area (Å²) in [6.45, 7) is 5.08. The van der Waals surface area contributed by atoms with E-state index in [0.717, 1.165) is 13.0 Å². The van der Waals surface area contributed by atoms with Crippen molar-refractivity contribution in [2.75, 3.05) is 6.54 Å². The van der Waals surface area contributed by atoms with Crippen LogP contribution in [0.1, 0.15) is 20.3 Å². The first-order chi connectivity index (χ1) is 5.00. The maximum absolute atomic E-state index is 10.7. The summed E-state index contributed by atoms with van der Waals surface area (Å²) in [7, 11) is 0. The monoisotopic (exact) mass is 155 g/mol. The zero-order valence-electron chi connectivity index (χ0n) is 6.85. The van der Waals surface area contributed by atoms with Crippen LogP contribution in [0.5, 0.6) is 0 Å². The van der Waals surface area contributed by atoms with E-state index in [4.69, 9.17) is 5.11 Å². The van der Waals surface area contributed by atoms with Crippen LogP contribution in [-0.4, -0.2) is 23.7 Å². The molecule has 3 nitrogen and oxygen atoms in total. The van der Waals surface area contributed by atoms with Crippen LogP contribution in [0.3, 0.4) is 0 Å². The first kappa shape index (κ1) is 7.10. The number of carboxylic acid groups (broad SMARTS) is 1. The molecule has 1 saturated heterocycles. The van der Waals surface area contributed by atoms with Crippen LogP contribution in [-0.2, 0) is 4.79 Å². The van der Waals surface area contributed by atoms with Crippen molar-refractivity contribution in [2.24, 2.45) is 10.8 Å². The Hall–Kier alpha value is -0.570. The van der Waals surface area contributed by atoms with Crippen LogP contribution in [0.15, 0.2) is 0 Å². The van der Waals surface area contributed by atoms with Crippen molar-refractivity contribution in [1.82, 2.24) is 5.32 Å². The van der Waals surface area contributed by atoms with Crippen molar-refractivity contribution in [3.05, 3.63) is 0 Å². The summed E-state index contributed by atoms with van der Waals surface area (Å²) in [6.07, 6.45) is 1.06. The third kappa shape index (κ3) is 0.644. The predicted octanol–water partition coefficient (Wildman–Crippen LogP) is 0.459. The number of fused-ring (bicyclic) bond motifs is 1. The summed E-state index contributed by atoms with van der Waals surface area (Å²) >= 11 is 0. The number of aliphatic carboxylic acids is 1. The molecule has 62 valence electrons. The Kier molecular flexibility index (Phi) is 1.04. The van der Waals surface area contributed by atoms with Crippen molar-refractivity contribution in [1.29, 1.82) is 0 Å². The van der Waals surface area contributed by atoms with Crippen molar-refractivity contribution in [2.45, 2.75) is 26.3 Å². The topological polar surface area (TPSA) is 49.3 Å². The highest BCUT2D eigenvalue weighted by Crippen LogP contribution is 2.68. The number of piperidine rings is 1. The second-order valence-corrected chi connectivity index (χ2v) is 4.31. The molecule has 11 heavy (non-hydrogen) atoms. The second kappa shape index (κ2) is 1.61. The Morgan fingerprint density at radius 1 is 1.64 bits per heavy atom. The van der Waals surface area contributed by atoms with Gasteiger partial charge in [-0.25, -0.2) is 0 Å². The van der Waals surface area contributed by atoms with Crippen molar-refractivity contribution in [3.8, 4) is 0 Å². The van der Waals surface area contributed by atoms with Crippen LogP contribution in [0.4, 0.5) is 0 Å². The lowest BCUT2D eigenvalue weighted by Crippen LogP contribution is -2.38. The molecule has 1 heterocycles. The average Bonchev–Trinajstić information content (AvgIpc) is 2.26. The molecule has 0 aromatic rings. The van der Waals surface area contributed by atoms with E-state index < -0.39 is 5.97 Å². The highest BCUT2D eigenvalue weighted by molar-refractivity contribution is 5.76. The van der Waals surface area contributed by atoms with Crippen molar-refractivity contribution in [3.63, 3.8) is 0 Å². The Morgan fingerprint density at radius 2 is 2.27 bits per heavy atom. The molecular formula is C8H13NO2. The molecule has 2 rings (SSSR count). The molecule has 3 heteroatoms. The van der Waals surface area contributed by atoms with Crippen LogP contribution in [0.25, 0.3) is 0 Å². The molecule has 0 spiro atoms. The maximum Gasteiger partial charge on any atom is 0.321 e. The molecule has 0 radical (unpaired) electrons. The molecule has 2 aliphatic rings. The molecule has 2 fully saturated rings. The number of hydrogen-bond donors (Lipinski definition) is 2. The number of carboxylic acids is 1. The first-order valence-electron chi connectivity index (χ1n) is 3.96. The van der Waals surface area contributed by atoms with Gasteiger partial charge in [0, 0.05) is 12.0 Å². The molecular weight excluding hydrogens is 142 g/mol. The highest BCUT2D eigenvalue weighted by atomic mass is 16.4. The minimum Gasteiger partial charge on any atom is -0.480 e. The Labute approximate surface area is 65.8 Å². The van der Waals surface area contributed by atoms with Gasteiger partial charge in [0.1, 0.15) is 6.04 Å². The smallest absolute Gasteiger partial charge is 0.321 e. The second-order valence-electron chi connectivity index (χ2n) is 4.31. The van der Waals surface area contributed by atoms with Gasteiger partial charge < -0.3 is 10.4 Å². The van der Waals surface area contributed by atoms with E-state index in [9.17, 15) is 4.79 Å². The molecule has 1 aliphatic heterocycles. The van der Waals surface area contributed by atoms with Gasteiger partial charge in [0.15, 0.2) is 0 Å². The van der Waals surface area contributed by atoms with E-state index in [1.807, 2.05) is 0 Å². The average molecular weight is 155 g/mol. The summed E-state index contributed by atoms with van der Waals surface area (Å²) in [5, 5.41) is 11.9. The zero-order valence-corrected chi connectivity index (χ0v) is 6.85. The molecule has 3 atom stereocenters. The Balaban J connectivity index is 2.24. The van der Waals surface area contributed by atoms with Gasteiger partial charge >= 0.3 is 5.97 Å². The molecule has 1 aliphatic carbocycles. The quantitative estimate of drug-likeness (QED) is 0.578. The summed E-state index contributed by atoms with van der Waals surface area (Å²) < 4.78 is 0. The first-order valence-corrected chi connectivity index (χ1v) is 3.96. The summed E-state index contributed by atoms with van der Waals surface area (Å²) in [4.78, 5) is 10.7. The summed E-state index contributed by atoms with van der Waals surface area (Å²) in [5.41, 5.74) is 0.287. The lowest BCUT2D eigenvalue weighted by molar-refractivity contribution is -0.140. The fraction of sp³-hybridized carbons (Fsp3) is 0.875. The van der Waals surface area contributed by atoms with Crippen LogP contribution < -0.4 is 5.32 Å². The lowest BCUT2D eigenvalue weighted by Gasteiger charge is -2.13. The van der Waals surface area contributed by atoms with E-state index in [1.165, 1.54) is 0 Å². The maximum atomic E-state index is 10.7. The van der Waals surface area contributed by atoms with Crippen LogP contribution in [0, 0.1) is 10.8 Å². The van der Waals surface area contributed by atoms with E-state index in [0.29, 0.717) is 0 Å². The molecule has 0 aromatic carbocycles. The van der Waals surface area contributed by atoms with Crippen molar-refractivity contribution >= 4 is 5.97 Å². The number of hydrogen-bond acceptors (Lipinski definition) is 2. The molecule has 0 aromatic heterocycles. The van der Waals surface area contributed by atoms with Crippen LogP contribution in [0.2, 0.25) is 0 Å². The van der Waals surface area contributed by atoms with E-state index in [-0.39, 0.29) is 16.9 Å². The van der Waals surface area contributed by atoms with E-state index in [2.05, 4.69) is 19.2 Å². The van der Waals surface area contributed by atoms with Gasteiger partial charge in [-0.3, -0.25) is 4.79 Å². The predicted molar refractivity (Wildman–Crippen MR) is 40.3 cm³/mol. The van der Waals surface area contributed by atoms with Gasteiger partial charge in [0.05, 0.1) is 0 Å². The Morgan fingerprint density at radius 3 is 2.45 bits per heavy atom. The van der Waals surface area contributed by atoms with Gasteiger partial charge in [-0.15, -0.1) is 0 Å². The molecule has 1 saturated carbocycles. The lowest BCUT2D eigenvalue weighted by atomic mass is 9.94. The fourth-order valence-electron chi connectivity index (χ4n) is 2.39.